The lowest BCUT2D eigenvalue weighted by atomic mass is 9.90. The molecule has 1 aliphatic rings. The summed E-state index contributed by atoms with van der Waals surface area (Å²) < 4.78 is 1.65. The van der Waals surface area contributed by atoms with Gasteiger partial charge < -0.3 is 5.11 Å². The normalized spacial score (nSPS) is 20.5. The highest BCUT2D eigenvalue weighted by Gasteiger charge is 2.37. The Hall–Kier alpha value is -0.940. The molecule has 96 valence electrons. The first-order chi connectivity index (χ1) is 8.03. The highest BCUT2D eigenvalue weighted by molar-refractivity contribution is 5.07. The number of hydrogen-bond donors (Lipinski definition) is 1. The van der Waals surface area contributed by atoms with Gasteiger partial charge in [-0.05, 0) is 39.8 Å². The molecular weight excluding hydrogens is 216 g/mol. The molecule has 1 aromatic rings. The Morgan fingerprint density at radius 1 is 1.29 bits per heavy atom. The molecule has 1 N–H and O–H groups in total. The van der Waals surface area contributed by atoms with Crippen LogP contribution in [0, 0.1) is 0 Å². The zero-order chi connectivity index (χ0) is 12.5. The average molecular weight is 238 g/mol. The van der Waals surface area contributed by atoms with Crippen LogP contribution in [0.5, 0.6) is 0 Å². The summed E-state index contributed by atoms with van der Waals surface area (Å²) in [6.45, 7) is 6.32. The molecule has 1 aliphatic heterocycles. The van der Waals surface area contributed by atoms with E-state index >= 15 is 0 Å². The molecule has 1 aromatic heterocycles. The highest BCUT2D eigenvalue weighted by Crippen LogP contribution is 2.32. The number of aromatic nitrogens is 3. The van der Waals surface area contributed by atoms with Crippen LogP contribution in [0.4, 0.5) is 0 Å². The van der Waals surface area contributed by atoms with Crippen LogP contribution in [0.3, 0.4) is 0 Å². The van der Waals surface area contributed by atoms with Crippen molar-refractivity contribution in [2.24, 2.45) is 7.05 Å². The number of nitrogens with zero attached hydrogens (tertiary/aromatic N) is 4. The van der Waals surface area contributed by atoms with Crippen LogP contribution in [-0.4, -0.2) is 43.6 Å². The summed E-state index contributed by atoms with van der Waals surface area (Å²) in [5.74, 6) is 0. The highest BCUT2D eigenvalue weighted by atomic mass is 16.3. The molecule has 0 bridgehead atoms. The molecule has 1 saturated heterocycles. The molecule has 0 aromatic carbocycles. The molecule has 2 heterocycles. The quantitative estimate of drug-likeness (QED) is 0.857. The van der Waals surface area contributed by atoms with E-state index < -0.39 is 6.10 Å². The van der Waals surface area contributed by atoms with Crippen LogP contribution in [0.15, 0.2) is 6.20 Å². The SMILES string of the molecule is Cn1nncc1C(O)C(C)(C)N1CCCCC1. The van der Waals surface area contributed by atoms with Gasteiger partial charge in [0, 0.05) is 12.6 Å². The van der Waals surface area contributed by atoms with E-state index in [9.17, 15) is 5.11 Å². The van der Waals surface area contributed by atoms with E-state index in [1.807, 2.05) is 7.05 Å². The maximum absolute atomic E-state index is 10.5. The summed E-state index contributed by atoms with van der Waals surface area (Å²) in [6.07, 6.45) is 4.84. The summed E-state index contributed by atoms with van der Waals surface area (Å²) in [5, 5.41) is 18.2. The fraction of sp³-hybridized carbons (Fsp3) is 0.833. The summed E-state index contributed by atoms with van der Waals surface area (Å²) in [4.78, 5) is 2.37. The van der Waals surface area contributed by atoms with Crippen molar-refractivity contribution in [2.75, 3.05) is 13.1 Å². The van der Waals surface area contributed by atoms with Gasteiger partial charge in [0.05, 0.1) is 11.9 Å². The number of rotatable bonds is 3. The molecule has 5 nitrogen and oxygen atoms in total. The molecule has 1 atom stereocenters. The van der Waals surface area contributed by atoms with E-state index in [0.717, 1.165) is 18.8 Å². The van der Waals surface area contributed by atoms with E-state index in [4.69, 9.17) is 0 Å². The number of piperidine rings is 1. The molecule has 0 radical (unpaired) electrons. The van der Waals surface area contributed by atoms with Crippen LogP contribution < -0.4 is 0 Å². The van der Waals surface area contributed by atoms with Crippen molar-refractivity contribution in [1.29, 1.82) is 0 Å². The first kappa shape index (κ1) is 12.5. The Balaban J connectivity index is 2.16. The summed E-state index contributed by atoms with van der Waals surface area (Å²) >= 11 is 0. The third kappa shape index (κ3) is 2.35. The van der Waals surface area contributed by atoms with Gasteiger partial charge in [0.1, 0.15) is 6.10 Å². The smallest absolute Gasteiger partial charge is 0.115 e. The molecular formula is C12H22N4O. The second-order valence-electron chi connectivity index (χ2n) is 5.39. The molecule has 5 heteroatoms. The van der Waals surface area contributed by atoms with Gasteiger partial charge in [-0.3, -0.25) is 4.90 Å². The Morgan fingerprint density at radius 3 is 2.47 bits per heavy atom. The van der Waals surface area contributed by atoms with Crippen molar-refractivity contribution in [3.05, 3.63) is 11.9 Å². The van der Waals surface area contributed by atoms with Crippen molar-refractivity contribution in [3.63, 3.8) is 0 Å². The average Bonchev–Trinajstić information content (AvgIpc) is 2.75. The Kier molecular flexibility index (Phi) is 3.49. The molecule has 1 fully saturated rings. The second-order valence-corrected chi connectivity index (χ2v) is 5.39. The van der Waals surface area contributed by atoms with Crippen LogP contribution in [-0.2, 0) is 7.05 Å². The molecule has 17 heavy (non-hydrogen) atoms. The molecule has 0 aliphatic carbocycles. The van der Waals surface area contributed by atoms with Crippen molar-refractivity contribution in [3.8, 4) is 0 Å². The van der Waals surface area contributed by atoms with Crippen LogP contribution >= 0.6 is 0 Å². The maximum Gasteiger partial charge on any atom is 0.115 e. The van der Waals surface area contributed by atoms with Crippen LogP contribution in [0.2, 0.25) is 0 Å². The van der Waals surface area contributed by atoms with Gasteiger partial charge in [-0.25, -0.2) is 4.68 Å². The van der Waals surface area contributed by atoms with E-state index in [-0.39, 0.29) is 5.54 Å². The fourth-order valence-electron chi connectivity index (χ4n) is 2.55. The van der Waals surface area contributed by atoms with Crippen molar-refractivity contribution in [2.45, 2.75) is 44.8 Å². The zero-order valence-electron chi connectivity index (χ0n) is 10.9. The number of aliphatic hydroxyl groups excluding tert-OH is 1. The lowest BCUT2D eigenvalue weighted by Crippen LogP contribution is -2.50. The van der Waals surface area contributed by atoms with E-state index in [1.54, 1.807) is 10.9 Å². The fourth-order valence-corrected chi connectivity index (χ4v) is 2.55. The predicted molar refractivity (Wildman–Crippen MR) is 65.5 cm³/mol. The first-order valence-corrected chi connectivity index (χ1v) is 6.31. The van der Waals surface area contributed by atoms with Gasteiger partial charge >= 0.3 is 0 Å². The van der Waals surface area contributed by atoms with Crippen LogP contribution in [0.1, 0.15) is 44.9 Å². The molecule has 2 rings (SSSR count). The number of aliphatic hydroxyl groups is 1. The lowest BCUT2D eigenvalue weighted by Gasteiger charge is -2.43. The molecule has 1 unspecified atom stereocenters. The van der Waals surface area contributed by atoms with Gasteiger partial charge in [-0.2, -0.15) is 0 Å². The minimum absolute atomic E-state index is 0.268. The van der Waals surface area contributed by atoms with Gasteiger partial charge in [0.25, 0.3) is 0 Å². The molecule has 0 amide bonds. The maximum atomic E-state index is 10.5. The Labute approximate surface area is 102 Å². The monoisotopic (exact) mass is 238 g/mol. The third-order valence-electron chi connectivity index (χ3n) is 3.87. The lowest BCUT2D eigenvalue weighted by molar-refractivity contribution is -0.0247. The largest absolute Gasteiger partial charge is 0.385 e. The topological polar surface area (TPSA) is 54.2 Å². The van der Waals surface area contributed by atoms with E-state index in [1.165, 1.54) is 19.3 Å². The number of aryl methyl sites for hydroxylation is 1. The minimum atomic E-state index is -0.555. The first-order valence-electron chi connectivity index (χ1n) is 6.31. The van der Waals surface area contributed by atoms with Gasteiger partial charge in [0.2, 0.25) is 0 Å². The zero-order valence-corrected chi connectivity index (χ0v) is 10.9. The van der Waals surface area contributed by atoms with Gasteiger partial charge in [0.15, 0.2) is 0 Å². The molecule has 0 saturated carbocycles. The number of likely N-dealkylation sites (tertiary alicyclic amines) is 1. The standard InChI is InChI=1S/C12H22N4O/c1-12(2,16-7-5-4-6-8-16)11(17)10-9-13-14-15(10)3/h9,11,17H,4-8H2,1-3H3. The van der Waals surface area contributed by atoms with Crippen LogP contribution in [0.25, 0.3) is 0 Å². The summed E-state index contributed by atoms with van der Waals surface area (Å²) in [5.41, 5.74) is 0.510. The second kappa shape index (κ2) is 4.74. The molecule has 0 spiro atoms. The predicted octanol–water partition coefficient (Wildman–Crippen LogP) is 1.11. The summed E-state index contributed by atoms with van der Waals surface area (Å²) in [7, 11) is 1.82. The van der Waals surface area contributed by atoms with Crippen molar-refractivity contribution in [1.82, 2.24) is 19.9 Å². The third-order valence-corrected chi connectivity index (χ3v) is 3.87. The Bertz CT molecular complexity index is 368. The van der Waals surface area contributed by atoms with Gasteiger partial charge in [-0.15, -0.1) is 5.10 Å². The summed E-state index contributed by atoms with van der Waals surface area (Å²) in [6, 6.07) is 0. The van der Waals surface area contributed by atoms with E-state index in [0.29, 0.717) is 0 Å². The van der Waals surface area contributed by atoms with Crippen molar-refractivity contribution < 1.29 is 5.11 Å². The van der Waals surface area contributed by atoms with Crippen molar-refractivity contribution >= 4 is 0 Å². The minimum Gasteiger partial charge on any atom is -0.385 e. The number of hydrogen-bond acceptors (Lipinski definition) is 4. The van der Waals surface area contributed by atoms with E-state index in [2.05, 4.69) is 29.1 Å². The van der Waals surface area contributed by atoms with Gasteiger partial charge in [-0.1, -0.05) is 11.6 Å². The Morgan fingerprint density at radius 2 is 1.94 bits per heavy atom.